The molecule has 0 unspecified atom stereocenters. The molecular weight excluding hydrogens is 316 g/mol. The number of benzene rings is 1. The van der Waals surface area contributed by atoms with Gasteiger partial charge in [0.05, 0.1) is 15.5 Å². The molecule has 1 saturated heterocycles. The second-order valence-corrected chi connectivity index (χ2v) is 7.35. The summed E-state index contributed by atoms with van der Waals surface area (Å²) in [4.78, 5) is 10.9. The molecule has 0 radical (unpaired) electrons. The van der Waals surface area contributed by atoms with Crippen molar-refractivity contribution < 1.29 is 18.3 Å². The maximum absolute atomic E-state index is 12.6. The van der Waals surface area contributed by atoms with Gasteiger partial charge in [0.2, 0.25) is 10.0 Å². The number of carbonyl (C=O) groups is 1. The Kier molecular flexibility index (Phi) is 4.88. The summed E-state index contributed by atoms with van der Waals surface area (Å²) >= 11 is 5.85. The molecule has 1 heterocycles. The molecule has 0 amide bonds. The molecular formula is C13H17ClN2O4S. The quantitative estimate of drug-likeness (QED) is 0.870. The third-order valence-electron chi connectivity index (χ3n) is 3.67. The van der Waals surface area contributed by atoms with Gasteiger partial charge in [-0.15, -0.1) is 0 Å². The van der Waals surface area contributed by atoms with Crippen LogP contribution in [-0.2, 0) is 10.0 Å². The number of nitrogens with zero attached hydrogens (tertiary/aromatic N) is 1. The first-order chi connectivity index (χ1) is 9.84. The zero-order valence-corrected chi connectivity index (χ0v) is 13.1. The lowest BCUT2D eigenvalue weighted by Gasteiger charge is -2.30. The molecule has 2 rings (SSSR count). The molecule has 1 aliphatic rings. The minimum absolute atomic E-state index is 0.0125. The molecule has 0 aliphatic carbocycles. The fraction of sp³-hybridized carbons (Fsp3) is 0.462. The van der Waals surface area contributed by atoms with Gasteiger partial charge in [-0.1, -0.05) is 11.6 Å². The fourth-order valence-electron chi connectivity index (χ4n) is 2.36. The SMILES string of the molecule is CN(C1CCNCC1)S(=O)(=O)c1ccc(C(=O)O)c(Cl)c1. The highest BCUT2D eigenvalue weighted by molar-refractivity contribution is 7.89. The molecule has 116 valence electrons. The Labute approximate surface area is 128 Å². The maximum Gasteiger partial charge on any atom is 0.337 e. The Morgan fingerprint density at radius 1 is 1.38 bits per heavy atom. The maximum atomic E-state index is 12.6. The predicted molar refractivity (Wildman–Crippen MR) is 79.3 cm³/mol. The van der Waals surface area contributed by atoms with Gasteiger partial charge in [-0.25, -0.2) is 13.2 Å². The number of sulfonamides is 1. The minimum Gasteiger partial charge on any atom is -0.478 e. The topological polar surface area (TPSA) is 86.7 Å². The van der Waals surface area contributed by atoms with E-state index in [1.165, 1.54) is 22.5 Å². The van der Waals surface area contributed by atoms with E-state index in [4.69, 9.17) is 16.7 Å². The predicted octanol–water partition coefficient (Wildman–Crippen LogP) is 1.41. The molecule has 0 aromatic heterocycles. The number of halogens is 1. The van der Waals surface area contributed by atoms with Crippen molar-refractivity contribution in [1.29, 1.82) is 0 Å². The van der Waals surface area contributed by atoms with E-state index >= 15 is 0 Å². The van der Waals surface area contributed by atoms with Crippen LogP contribution in [0.2, 0.25) is 5.02 Å². The van der Waals surface area contributed by atoms with Gasteiger partial charge in [-0.05, 0) is 44.1 Å². The molecule has 0 bridgehead atoms. The van der Waals surface area contributed by atoms with Gasteiger partial charge in [-0.3, -0.25) is 0 Å². The molecule has 1 aromatic carbocycles. The third-order valence-corrected chi connectivity index (χ3v) is 5.89. The summed E-state index contributed by atoms with van der Waals surface area (Å²) in [6.45, 7) is 1.56. The molecule has 1 aliphatic heterocycles. The number of aromatic carboxylic acids is 1. The van der Waals surface area contributed by atoms with Gasteiger partial charge < -0.3 is 10.4 Å². The molecule has 21 heavy (non-hydrogen) atoms. The molecule has 0 saturated carbocycles. The second kappa shape index (κ2) is 6.31. The molecule has 2 N–H and O–H groups in total. The first kappa shape index (κ1) is 16.2. The number of hydrogen-bond donors (Lipinski definition) is 2. The van der Waals surface area contributed by atoms with E-state index in [0.717, 1.165) is 25.9 Å². The normalized spacial score (nSPS) is 17.1. The van der Waals surface area contributed by atoms with Crippen LogP contribution in [0.15, 0.2) is 23.1 Å². The van der Waals surface area contributed by atoms with E-state index in [1.807, 2.05) is 0 Å². The number of rotatable bonds is 4. The van der Waals surface area contributed by atoms with Gasteiger partial charge in [0.25, 0.3) is 0 Å². The molecule has 6 nitrogen and oxygen atoms in total. The number of hydrogen-bond acceptors (Lipinski definition) is 4. The molecule has 1 aromatic rings. The number of carboxylic acids is 1. The summed E-state index contributed by atoms with van der Waals surface area (Å²) in [6.07, 6.45) is 1.49. The van der Waals surface area contributed by atoms with E-state index in [9.17, 15) is 13.2 Å². The van der Waals surface area contributed by atoms with Crippen LogP contribution in [0.3, 0.4) is 0 Å². The minimum atomic E-state index is -3.68. The lowest BCUT2D eigenvalue weighted by atomic mass is 10.1. The lowest BCUT2D eigenvalue weighted by Crippen LogP contribution is -2.43. The van der Waals surface area contributed by atoms with Crippen molar-refractivity contribution in [3.63, 3.8) is 0 Å². The summed E-state index contributed by atoms with van der Waals surface area (Å²) in [7, 11) is -2.13. The van der Waals surface area contributed by atoms with Crippen LogP contribution in [0.1, 0.15) is 23.2 Å². The van der Waals surface area contributed by atoms with Gasteiger partial charge in [-0.2, -0.15) is 4.31 Å². The zero-order chi connectivity index (χ0) is 15.6. The number of carboxylic acid groups (broad SMARTS) is 1. The van der Waals surface area contributed by atoms with Crippen LogP contribution in [0, 0.1) is 0 Å². The van der Waals surface area contributed by atoms with Crippen molar-refractivity contribution in [2.45, 2.75) is 23.8 Å². The summed E-state index contributed by atoms with van der Waals surface area (Å²) in [5.74, 6) is -1.18. The average molecular weight is 333 g/mol. The first-order valence-corrected chi connectivity index (χ1v) is 8.37. The van der Waals surface area contributed by atoms with Crippen molar-refractivity contribution in [2.75, 3.05) is 20.1 Å². The largest absolute Gasteiger partial charge is 0.478 e. The van der Waals surface area contributed by atoms with Gasteiger partial charge >= 0.3 is 5.97 Å². The highest BCUT2D eigenvalue weighted by Gasteiger charge is 2.29. The first-order valence-electron chi connectivity index (χ1n) is 6.55. The van der Waals surface area contributed by atoms with E-state index in [2.05, 4.69) is 5.32 Å². The van der Waals surface area contributed by atoms with E-state index in [1.54, 1.807) is 7.05 Å². The van der Waals surface area contributed by atoms with E-state index < -0.39 is 16.0 Å². The van der Waals surface area contributed by atoms with Crippen LogP contribution >= 0.6 is 11.6 Å². The van der Waals surface area contributed by atoms with Crippen LogP contribution in [0.4, 0.5) is 0 Å². The monoisotopic (exact) mass is 332 g/mol. The van der Waals surface area contributed by atoms with Crippen molar-refractivity contribution in [3.8, 4) is 0 Å². The summed E-state index contributed by atoms with van der Waals surface area (Å²) in [5.41, 5.74) is -0.111. The second-order valence-electron chi connectivity index (χ2n) is 4.95. The van der Waals surface area contributed by atoms with Crippen molar-refractivity contribution in [3.05, 3.63) is 28.8 Å². The Bertz CT molecular complexity index is 642. The molecule has 0 atom stereocenters. The fourth-order valence-corrected chi connectivity index (χ4v) is 4.13. The molecule has 8 heteroatoms. The third kappa shape index (κ3) is 3.37. The average Bonchev–Trinajstić information content (AvgIpc) is 2.46. The standard InChI is InChI=1S/C13H17ClN2O4S/c1-16(9-4-6-15-7-5-9)21(19,20)10-2-3-11(13(17)18)12(14)8-10/h2-3,8-9,15H,4-7H2,1H3,(H,17,18). The summed E-state index contributed by atoms with van der Waals surface area (Å²) in [6, 6.07) is 3.63. The molecule has 1 fully saturated rings. The smallest absolute Gasteiger partial charge is 0.337 e. The van der Waals surface area contributed by atoms with Crippen molar-refractivity contribution >= 4 is 27.6 Å². The van der Waals surface area contributed by atoms with Gasteiger partial charge in [0, 0.05) is 13.1 Å². The molecule has 0 spiro atoms. The zero-order valence-electron chi connectivity index (χ0n) is 11.5. The van der Waals surface area contributed by atoms with Crippen LogP contribution in [0.5, 0.6) is 0 Å². The van der Waals surface area contributed by atoms with E-state index in [0.29, 0.717) is 0 Å². The van der Waals surface area contributed by atoms with Crippen molar-refractivity contribution in [2.24, 2.45) is 0 Å². The van der Waals surface area contributed by atoms with Crippen molar-refractivity contribution in [1.82, 2.24) is 9.62 Å². The highest BCUT2D eigenvalue weighted by atomic mass is 35.5. The van der Waals surface area contributed by atoms with Crippen LogP contribution in [-0.4, -0.2) is 50.0 Å². The van der Waals surface area contributed by atoms with E-state index in [-0.39, 0.29) is 21.5 Å². The summed E-state index contributed by atoms with van der Waals surface area (Å²) < 4.78 is 26.5. The Balaban J connectivity index is 2.30. The van der Waals surface area contributed by atoms with Gasteiger partial charge in [0.15, 0.2) is 0 Å². The Hall–Kier alpha value is -1.15. The van der Waals surface area contributed by atoms with Crippen LogP contribution < -0.4 is 5.32 Å². The Morgan fingerprint density at radius 3 is 2.52 bits per heavy atom. The lowest BCUT2D eigenvalue weighted by molar-refractivity contribution is 0.0697. The Morgan fingerprint density at radius 2 is 2.00 bits per heavy atom. The van der Waals surface area contributed by atoms with Gasteiger partial charge in [0.1, 0.15) is 0 Å². The van der Waals surface area contributed by atoms with Crippen LogP contribution in [0.25, 0.3) is 0 Å². The highest BCUT2D eigenvalue weighted by Crippen LogP contribution is 2.25. The summed E-state index contributed by atoms with van der Waals surface area (Å²) in [5, 5.41) is 12.0. The number of piperidine rings is 1. The number of nitrogens with one attached hydrogen (secondary N) is 1.